The van der Waals surface area contributed by atoms with Crippen molar-refractivity contribution in [3.8, 4) is 22.5 Å². The molecule has 2 heterocycles. The minimum absolute atomic E-state index is 0.322. The number of carbonyl (C=O) groups excluding carboxylic acids is 1. The van der Waals surface area contributed by atoms with Crippen LogP contribution in [0.2, 0.25) is 5.15 Å². The van der Waals surface area contributed by atoms with Gasteiger partial charge in [0, 0.05) is 18.4 Å². The number of benzene rings is 2. The average molecular weight is 550 g/mol. The van der Waals surface area contributed by atoms with Gasteiger partial charge in [-0.1, -0.05) is 81.3 Å². The number of aromatic amines is 2. The monoisotopic (exact) mass is 549 g/mol. The van der Waals surface area contributed by atoms with Gasteiger partial charge in [0.2, 0.25) is 5.82 Å². The van der Waals surface area contributed by atoms with E-state index >= 15 is 0 Å². The topological polar surface area (TPSA) is 121 Å². The molecule has 0 fully saturated rings. The van der Waals surface area contributed by atoms with E-state index in [9.17, 15) is 4.79 Å². The predicted octanol–water partition coefficient (Wildman–Crippen LogP) is 5.71. The van der Waals surface area contributed by atoms with Crippen LogP contribution in [-0.4, -0.2) is 49.7 Å². The number of likely N-dealkylation sites (N-methyl/N-ethyl adjacent to an activating group) is 1. The minimum atomic E-state index is -0.656. The summed E-state index contributed by atoms with van der Waals surface area (Å²) in [6, 6.07) is 15.7. The maximum absolute atomic E-state index is 13.3. The van der Waals surface area contributed by atoms with E-state index in [2.05, 4.69) is 56.7 Å². The molecule has 0 saturated heterocycles. The number of imidazole rings is 1. The summed E-state index contributed by atoms with van der Waals surface area (Å²) >= 11 is 6.60. The van der Waals surface area contributed by atoms with Crippen LogP contribution in [-0.2, 0) is 22.4 Å². The second-order valence-electron chi connectivity index (χ2n) is 10.1. The summed E-state index contributed by atoms with van der Waals surface area (Å²) in [6.45, 7) is 6.28. The van der Waals surface area contributed by atoms with Crippen LogP contribution in [0.15, 0.2) is 48.5 Å². The number of hydrogen-bond acceptors (Lipinski definition) is 7. The number of H-pyrrole nitrogens is 2. The van der Waals surface area contributed by atoms with Crippen LogP contribution in [0.25, 0.3) is 22.5 Å². The molecule has 39 heavy (non-hydrogen) atoms. The fourth-order valence-corrected chi connectivity index (χ4v) is 4.85. The lowest BCUT2D eigenvalue weighted by molar-refractivity contribution is -0.152. The molecule has 2 atom stereocenters. The Balaban J connectivity index is 1.70. The van der Waals surface area contributed by atoms with E-state index in [4.69, 9.17) is 16.3 Å². The van der Waals surface area contributed by atoms with Crippen LogP contribution in [0.1, 0.15) is 63.2 Å². The van der Waals surface area contributed by atoms with Gasteiger partial charge in [-0.3, -0.25) is 4.79 Å². The van der Waals surface area contributed by atoms with Gasteiger partial charge in [0.15, 0.2) is 5.15 Å². The number of hydrogen-bond donors (Lipinski definition) is 3. The number of aromatic nitrogens is 6. The molecular formula is C29H36ClN7O2. The summed E-state index contributed by atoms with van der Waals surface area (Å²) in [5, 5.41) is 18.2. The van der Waals surface area contributed by atoms with Gasteiger partial charge in [-0.25, -0.2) is 4.98 Å². The maximum Gasteiger partial charge on any atom is 0.323 e. The van der Waals surface area contributed by atoms with E-state index in [1.54, 1.807) is 7.05 Å². The normalized spacial score (nSPS) is 13.0. The van der Waals surface area contributed by atoms with Gasteiger partial charge in [0.05, 0.1) is 5.69 Å². The Morgan fingerprint density at radius 3 is 2.59 bits per heavy atom. The average Bonchev–Trinajstić information content (AvgIpc) is 3.60. The molecule has 206 valence electrons. The van der Waals surface area contributed by atoms with Gasteiger partial charge in [-0.05, 0) is 53.8 Å². The number of ether oxygens (including phenoxy) is 1. The molecular weight excluding hydrogens is 514 g/mol. The molecule has 0 aliphatic rings. The fourth-order valence-electron chi connectivity index (χ4n) is 4.58. The molecule has 0 unspecified atom stereocenters. The number of nitrogens with zero attached hydrogens (tertiary/aromatic N) is 4. The maximum atomic E-state index is 13.3. The summed E-state index contributed by atoms with van der Waals surface area (Å²) in [5.74, 6) is 1.28. The third-order valence-electron chi connectivity index (χ3n) is 6.60. The van der Waals surface area contributed by atoms with Crippen LogP contribution < -0.4 is 5.32 Å². The van der Waals surface area contributed by atoms with Crippen LogP contribution in [0.4, 0.5) is 0 Å². The largest absolute Gasteiger partial charge is 0.454 e. The Morgan fingerprint density at radius 2 is 1.92 bits per heavy atom. The lowest BCUT2D eigenvalue weighted by Crippen LogP contribution is -2.37. The summed E-state index contributed by atoms with van der Waals surface area (Å²) in [6.07, 6.45) is 3.19. The highest BCUT2D eigenvalue weighted by Gasteiger charge is 2.28. The molecule has 0 spiro atoms. The lowest BCUT2D eigenvalue weighted by atomic mass is 9.95. The molecule has 0 bridgehead atoms. The number of halogens is 1. The highest BCUT2D eigenvalue weighted by atomic mass is 35.5. The number of aryl methyl sites for hydroxylation is 1. The Hall–Kier alpha value is -3.56. The first kappa shape index (κ1) is 28.4. The fraction of sp³-hybridized carbons (Fsp3) is 0.414. The van der Waals surface area contributed by atoms with Crippen molar-refractivity contribution in [3.63, 3.8) is 0 Å². The van der Waals surface area contributed by atoms with Crippen molar-refractivity contribution in [1.82, 2.24) is 35.9 Å². The zero-order chi connectivity index (χ0) is 27.8. The SMILES string of the molecule is CCCCc1nc(Cl)c([C@H](Cc2ccc(-c3ccccc3)c(-c3nn[nH]n3)c2)OC(=O)[C@H](CC(C)C)NC)[nH]1. The van der Waals surface area contributed by atoms with Crippen molar-refractivity contribution in [1.29, 1.82) is 0 Å². The summed E-state index contributed by atoms with van der Waals surface area (Å²) in [7, 11) is 1.77. The highest BCUT2D eigenvalue weighted by molar-refractivity contribution is 6.30. The van der Waals surface area contributed by atoms with Crippen LogP contribution in [0.3, 0.4) is 0 Å². The van der Waals surface area contributed by atoms with Crippen molar-refractivity contribution in [2.75, 3.05) is 7.05 Å². The van der Waals surface area contributed by atoms with Gasteiger partial charge in [-0.15, -0.1) is 10.2 Å². The van der Waals surface area contributed by atoms with E-state index in [-0.39, 0.29) is 5.97 Å². The summed E-state index contributed by atoms with van der Waals surface area (Å²) in [4.78, 5) is 21.1. The molecule has 0 aliphatic heterocycles. The van der Waals surface area contributed by atoms with Crippen LogP contribution >= 0.6 is 11.6 Å². The van der Waals surface area contributed by atoms with Gasteiger partial charge in [0.1, 0.15) is 18.0 Å². The Morgan fingerprint density at radius 1 is 1.13 bits per heavy atom. The third-order valence-corrected chi connectivity index (χ3v) is 6.89. The van der Waals surface area contributed by atoms with Crippen molar-refractivity contribution in [2.24, 2.45) is 5.92 Å². The van der Waals surface area contributed by atoms with Crippen molar-refractivity contribution in [2.45, 2.75) is 65.0 Å². The molecule has 0 amide bonds. The molecule has 10 heteroatoms. The molecule has 2 aromatic heterocycles. The molecule has 4 rings (SSSR count). The number of unbranched alkanes of at least 4 members (excludes halogenated alkanes) is 1. The molecule has 2 aromatic carbocycles. The second-order valence-corrected chi connectivity index (χ2v) is 10.4. The number of esters is 1. The lowest BCUT2D eigenvalue weighted by Gasteiger charge is -2.23. The van der Waals surface area contributed by atoms with Crippen molar-refractivity contribution in [3.05, 3.63) is 70.8 Å². The van der Waals surface area contributed by atoms with Gasteiger partial charge < -0.3 is 15.0 Å². The predicted molar refractivity (Wildman–Crippen MR) is 152 cm³/mol. The van der Waals surface area contributed by atoms with E-state index in [0.717, 1.165) is 47.3 Å². The van der Waals surface area contributed by atoms with Gasteiger partial charge in [-0.2, -0.15) is 5.21 Å². The van der Waals surface area contributed by atoms with E-state index < -0.39 is 12.1 Å². The zero-order valence-corrected chi connectivity index (χ0v) is 23.6. The Kier molecular flexibility index (Phi) is 9.84. The summed E-state index contributed by atoms with van der Waals surface area (Å²) in [5.41, 5.74) is 4.36. The third kappa shape index (κ3) is 7.30. The van der Waals surface area contributed by atoms with E-state index in [0.29, 0.717) is 35.4 Å². The number of tetrazole rings is 1. The second kappa shape index (κ2) is 13.5. The smallest absolute Gasteiger partial charge is 0.323 e. The van der Waals surface area contributed by atoms with Gasteiger partial charge in [0.25, 0.3) is 0 Å². The van der Waals surface area contributed by atoms with Crippen molar-refractivity contribution >= 4 is 17.6 Å². The first-order chi connectivity index (χ1) is 18.9. The molecule has 4 aromatic rings. The minimum Gasteiger partial charge on any atom is -0.454 e. The van der Waals surface area contributed by atoms with Crippen LogP contribution in [0.5, 0.6) is 0 Å². The molecule has 9 nitrogen and oxygen atoms in total. The zero-order valence-electron chi connectivity index (χ0n) is 22.9. The standard InChI is InChI=1S/C29H36ClN7O2/c1-5-6-12-25-32-26(27(30)33-25)24(39-29(38)23(31-4)15-18(2)3)17-19-13-14-21(20-10-8-7-9-11-20)22(16-19)28-34-36-37-35-28/h7-11,13-14,16,18,23-24,31H,5-6,12,15,17H2,1-4H3,(H,32,33)(H,34,35,36,37)/t23-,24-/m0/s1. The van der Waals surface area contributed by atoms with E-state index in [1.165, 1.54) is 0 Å². The number of carbonyl (C=O) groups is 1. The first-order valence-corrected chi connectivity index (χ1v) is 13.8. The van der Waals surface area contributed by atoms with E-state index in [1.807, 2.05) is 48.5 Å². The Bertz CT molecular complexity index is 1340. The van der Waals surface area contributed by atoms with Crippen molar-refractivity contribution < 1.29 is 9.53 Å². The summed E-state index contributed by atoms with van der Waals surface area (Å²) < 4.78 is 6.13. The Labute approximate surface area is 234 Å². The molecule has 0 saturated carbocycles. The first-order valence-electron chi connectivity index (χ1n) is 13.4. The molecule has 0 aliphatic carbocycles. The van der Waals surface area contributed by atoms with Crippen LogP contribution in [0, 0.1) is 5.92 Å². The van der Waals surface area contributed by atoms with Gasteiger partial charge >= 0.3 is 5.97 Å². The molecule has 0 radical (unpaired) electrons. The number of nitrogens with one attached hydrogen (secondary N) is 3. The molecule has 3 N–H and O–H groups in total. The quantitative estimate of drug-likeness (QED) is 0.182. The highest BCUT2D eigenvalue weighted by Crippen LogP contribution is 2.34. The number of rotatable bonds is 13.